The fourth-order valence-corrected chi connectivity index (χ4v) is 3.90. The Kier molecular flexibility index (Phi) is 4.52. The van der Waals surface area contributed by atoms with Gasteiger partial charge in [0.15, 0.2) is 0 Å². The molecule has 0 atom stereocenters. The van der Waals surface area contributed by atoms with E-state index in [1.807, 2.05) is 41.3 Å². The third kappa shape index (κ3) is 3.49. The smallest absolute Gasteiger partial charge is 0.233 e. The second-order valence-electron chi connectivity index (χ2n) is 7.28. The Morgan fingerprint density at radius 3 is 2.72 bits per heavy atom. The van der Waals surface area contributed by atoms with Crippen LogP contribution in [0.3, 0.4) is 0 Å². The van der Waals surface area contributed by atoms with Crippen LogP contribution in [-0.4, -0.2) is 34.0 Å². The summed E-state index contributed by atoms with van der Waals surface area (Å²) in [5, 5.41) is 6.96. The molecule has 0 spiro atoms. The number of carbonyl (C=O) groups is 1. The number of benzene rings is 3. The van der Waals surface area contributed by atoms with E-state index in [9.17, 15) is 4.79 Å². The van der Waals surface area contributed by atoms with E-state index < -0.39 is 0 Å². The first-order valence-electron chi connectivity index (χ1n) is 9.51. The van der Waals surface area contributed by atoms with E-state index in [0.29, 0.717) is 36.2 Å². The monoisotopic (exact) mass is 403 g/mol. The van der Waals surface area contributed by atoms with Crippen molar-refractivity contribution in [3.8, 4) is 11.4 Å². The molecule has 1 aliphatic heterocycles. The summed E-state index contributed by atoms with van der Waals surface area (Å²) >= 11 is 6.03. The standard InChI is InChI=1S/C23H18ClN3O2/c24-19-9-4-8-17(11-19)22-25-23(29-26-22)18-13-27(14-18)21(28)12-16-7-3-6-15-5-1-2-10-20(15)16/h1-11,18H,12-14H2. The summed E-state index contributed by atoms with van der Waals surface area (Å²) in [6.07, 6.45) is 0.395. The van der Waals surface area contributed by atoms with E-state index in [-0.39, 0.29) is 11.8 Å². The van der Waals surface area contributed by atoms with Gasteiger partial charge < -0.3 is 9.42 Å². The lowest BCUT2D eigenvalue weighted by Gasteiger charge is -2.37. The fourth-order valence-electron chi connectivity index (χ4n) is 3.71. The third-order valence-electron chi connectivity index (χ3n) is 5.33. The molecule has 5 rings (SSSR count). The van der Waals surface area contributed by atoms with Crippen molar-refractivity contribution in [2.24, 2.45) is 0 Å². The van der Waals surface area contributed by atoms with Crippen molar-refractivity contribution in [1.29, 1.82) is 0 Å². The maximum absolute atomic E-state index is 12.7. The van der Waals surface area contributed by atoms with Gasteiger partial charge in [-0.25, -0.2) is 0 Å². The third-order valence-corrected chi connectivity index (χ3v) is 5.56. The number of likely N-dealkylation sites (tertiary alicyclic amines) is 1. The van der Waals surface area contributed by atoms with Gasteiger partial charge in [-0.1, -0.05) is 71.4 Å². The molecule has 1 saturated heterocycles. The lowest BCUT2D eigenvalue weighted by atomic mass is 9.97. The highest BCUT2D eigenvalue weighted by Crippen LogP contribution is 2.29. The van der Waals surface area contributed by atoms with Crippen molar-refractivity contribution in [3.63, 3.8) is 0 Å². The Morgan fingerprint density at radius 2 is 1.86 bits per heavy atom. The highest BCUT2D eigenvalue weighted by atomic mass is 35.5. The minimum atomic E-state index is 0.0758. The predicted molar refractivity (Wildman–Crippen MR) is 112 cm³/mol. The van der Waals surface area contributed by atoms with Crippen LogP contribution in [0.5, 0.6) is 0 Å². The van der Waals surface area contributed by atoms with Crippen molar-refractivity contribution >= 4 is 28.3 Å². The van der Waals surface area contributed by atoms with Gasteiger partial charge in [0.1, 0.15) is 0 Å². The Hall–Kier alpha value is -3.18. The van der Waals surface area contributed by atoms with Crippen LogP contribution in [0.1, 0.15) is 17.4 Å². The molecule has 144 valence electrons. The molecular formula is C23H18ClN3O2. The molecule has 3 aromatic carbocycles. The average molecular weight is 404 g/mol. The number of fused-ring (bicyclic) bond motifs is 1. The van der Waals surface area contributed by atoms with E-state index in [0.717, 1.165) is 21.9 Å². The summed E-state index contributed by atoms with van der Waals surface area (Å²) in [7, 11) is 0. The zero-order valence-corrected chi connectivity index (χ0v) is 16.3. The van der Waals surface area contributed by atoms with Crippen LogP contribution in [0.15, 0.2) is 71.3 Å². The summed E-state index contributed by atoms with van der Waals surface area (Å²) < 4.78 is 5.42. The molecule has 0 N–H and O–H groups in total. The van der Waals surface area contributed by atoms with E-state index in [1.54, 1.807) is 12.1 Å². The molecular weight excluding hydrogens is 386 g/mol. The maximum atomic E-state index is 12.7. The molecule has 0 saturated carbocycles. The van der Waals surface area contributed by atoms with E-state index in [2.05, 4.69) is 28.3 Å². The zero-order chi connectivity index (χ0) is 19.8. The van der Waals surface area contributed by atoms with Gasteiger partial charge in [0.05, 0.1) is 12.3 Å². The van der Waals surface area contributed by atoms with E-state index in [1.165, 1.54) is 0 Å². The molecule has 1 aromatic heterocycles. The van der Waals surface area contributed by atoms with Crippen molar-refractivity contribution < 1.29 is 9.32 Å². The molecule has 2 heterocycles. The number of halogens is 1. The number of aromatic nitrogens is 2. The zero-order valence-electron chi connectivity index (χ0n) is 15.6. The lowest BCUT2D eigenvalue weighted by molar-refractivity contribution is -0.135. The van der Waals surface area contributed by atoms with Gasteiger partial charge in [-0.2, -0.15) is 4.98 Å². The summed E-state index contributed by atoms with van der Waals surface area (Å²) in [6.45, 7) is 1.20. The first-order valence-corrected chi connectivity index (χ1v) is 9.89. The minimum absolute atomic E-state index is 0.0758. The number of nitrogens with zero attached hydrogens (tertiary/aromatic N) is 3. The van der Waals surface area contributed by atoms with Gasteiger partial charge in [-0.05, 0) is 28.5 Å². The predicted octanol–water partition coefficient (Wildman–Crippen LogP) is 4.71. The molecule has 0 aliphatic carbocycles. The second kappa shape index (κ2) is 7.33. The topological polar surface area (TPSA) is 59.2 Å². The van der Waals surface area contributed by atoms with Gasteiger partial charge in [-0.3, -0.25) is 4.79 Å². The lowest BCUT2D eigenvalue weighted by Crippen LogP contribution is -2.49. The van der Waals surface area contributed by atoms with Crippen LogP contribution in [0.25, 0.3) is 22.2 Å². The van der Waals surface area contributed by atoms with E-state index in [4.69, 9.17) is 16.1 Å². The molecule has 6 heteroatoms. The van der Waals surface area contributed by atoms with Crippen molar-refractivity contribution in [2.75, 3.05) is 13.1 Å². The molecule has 4 aromatic rings. The van der Waals surface area contributed by atoms with E-state index >= 15 is 0 Å². The van der Waals surface area contributed by atoms with Crippen molar-refractivity contribution in [3.05, 3.63) is 83.2 Å². The van der Waals surface area contributed by atoms with Crippen LogP contribution >= 0.6 is 11.6 Å². The summed E-state index contributed by atoms with van der Waals surface area (Å²) in [4.78, 5) is 19.1. The Morgan fingerprint density at radius 1 is 1.07 bits per heavy atom. The molecule has 5 nitrogen and oxygen atoms in total. The van der Waals surface area contributed by atoms with Gasteiger partial charge in [0.25, 0.3) is 0 Å². The molecule has 0 unspecified atom stereocenters. The largest absolute Gasteiger partial charge is 0.341 e. The quantitative estimate of drug-likeness (QED) is 0.495. The van der Waals surface area contributed by atoms with Crippen molar-refractivity contribution in [1.82, 2.24) is 15.0 Å². The van der Waals surface area contributed by atoms with Crippen LogP contribution in [0.4, 0.5) is 0 Å². The normalized spacial score (nSPS) is 14.2. The fraction of sp³-hybridized carbons (Fsp3) is 0.174. The molecule has 1 aliphatic rings. The Balaban J connectivity index is 1.25. The molecule has 0 bridgehead atoms. The van der Waals surface area contributed by atoms with Crippen LogP contribution in [-0.2, 0) is 11.2 Å². The highest BCUT2D eigenvalue weighted by molar-refractivity contribution is 6.30. The van der Waals surface area contributed by atoms with Crippen molar-refractivity contribution in [2.45, 2.75) is 12.3 Å². The van der Waals surface area contributed by atoms with Crippen LogP contribution < -0.4 is 0 Å². The maximum Gasteiger partial charge on any atom is 0.233 e. The van der Waals surface area contributed by atoms with Crippen LogP contribution in [0, 0.1) is 0 Å². The second-order valence-corrected chi connectivity index (χ2v) is 7.71. The van der Waals surface area contributed by atoms with Gasteiger partial charge in [0, 0.05) is 23.7 Å². The molecule has 29 heavy (non-hydrogen) atoms. The molecule has 1 amide bonds. The number of hydrogen-bond donors (Lipinski definition) is 0. The summed E-state index contributed by atoms with van der Waals surface area (Å²) in [5.74, 6) is 1.27. The van der Waals surface area contributed by atoms with Gasteiger partial charge >= 0.3 is 0 Å². The summed E-state index contributed by atoms with van der Waals surface area (Å²) in [5.41, 5.74) is 1.87. The Bertz CT molecular complexity index is 1190. The number of carbonyl (C=O) groups excluding carboxylic acids is 1. The minimum Gasteiger partial charge on any atom is -0.341 e. The SMILES string of the molecule is O=C(Cc1cccc2ccccc12)N1CC(c2nc(-c3cccc(Cl)c3)no2)C1. The van der Waals surface area contributed by atoms with Gasteiger partial charge in [0.2, 0.25) is 17.6 Å². The highest BCUT2D eigenvalue weighted by Gasteiger charge is 2.35. The van der Waals surface area contributed by atoms with Crippen LogP contribution in [0.2, 0.25) is 5.02 Å². The number of amides is 1. The average Bonchev–Trinajstić information content (AvgIpc) is 3.17. The first-order chi connectivity index (χ1) is 14.2. The number of hydrogen-bond acceptors (Lipinski definition) is 4. The van der Waals surface area contributed by atoms with Gasteiger partial charge in [-0.15, -0.1) is 0 Å². The summed E-state index contributed by atoms with van der Waals surface area (Å²) in [6, 6.07) is 21.6. The molecule has 1 fully saturated rings. The Labute approximate surface area is 172 Å². The molecule has 0 radical (unpaired) electrons. The first kappa shape index (κ1) is 17.9. The number of rotatable bonds is 4.